The number of rotatable bonds is 1. The van der Waals surface area contributed by atoms with Crippen LogP contribution in [-0.4, -0.2) is 35.1 Å². The van der Waals surface area contributed by atoms with E-state index in [2.05, 4.69) is 27.6 Å². The van der Waals surface area contributed by atoms with Crippen LogP contribution in [0.15, 0.2) is 12.3 Å². The Kier molecular flexibility index (Phi) is 2.27. The number of nitrogens with zero attached hydrogens (tertiary/aromatic N) is 1. The first-order valence-corrected chi connectivity index (χ1v) is 5.02. The predicted octanol–water partition coefficient (Wildman–Crippen LogP) is 1.41. The van der Waals surface area contributed by atoms with Crippen LogP contribution in [0.5, 0.6) is 0 Å². The summed E-state index contributed by atoms with van der Waals surface area (Å²) in [6.45, 7) is 0.461. The lowest BCUT2D eigenvalue weighted by atomic mass is 10.2. The molecule has 1 saturated heterocycles. The second-order valence-electron chi connectivity index (χ2n) is 3.04. The first kappa shape index (κ1) is 8.98. The maximum Gasteiger partial charge on any atom is 0.270 e. The summed E-state index contributed by atoms with van der Waals surface area (Å²) < 4.78 is 13.4. The SMILES string of the molecule is O=C(c1cc(I)c[nH]1)N1CC(F)C1. The van der Waals surface area contributed by atoms with Gasteiger partial charge in [0.25, 0.3) is 5.91 Å². The molecule has 1 aromatic heterocycles. The van der Waals surface area contributed by atoms with Gasteiger partial charge < -0.3 is 9.88 Å². The fourth-order valence-electron chi connectivity index (χ4n) is 1.25. The van der Waals surface area contributed by atoms with Crippen molar-refractivity contribution in [1.29, 1.82) is 0 Å². The molecule has 2 rings (SSSR count). The van der Waals surface area contributed by atoms with Crippen LogP contribution >= 0.6 is 22.6 Å². The number of nitrogens with one attached hydrogen (secondary N) is 1. The molecule has 5 heteroatoms. The van der Waals surface area contributed by atoms with E-state index in [0.717, 1.165) is 3.57 Å². The summed E-state index contributed by atoms with van der Waals surface area (Å²) in [4.78, 5) is 15.9. The summed E-state index contributed by atoms with van der Waals surface area (Å²) in [7, 11) is 0. The van der Waals surface area contributed by atoms with Gasteiger partial charge in [-0.2, -0.15) is 0 Å². The van der Waals surface area contributed by atoms with Gasteiger partial charge in [0.05, 0.1) is 13.1 Å². The molecule has 1 amide bonds. The van der Waals surface area contributed by atoms with E-state index in [1.54, 1.807) is 12.3 Å². The van der Waals surface area contributed by atoms with Crippen molar-refractivity contribution in [3.63, 3.8) is 0 Å². The number of halogens is 2. The van der Waals surface area contributed by atoms with E-state index in [1.165, 1.54) is 4.90 Å². The zero-order valence-electron chi connectivity index (χ0n) is 6.76. The third kappa shape index (κ3) is 1.70. The molecule has 1 aliphatic rings. The van der Waals surface area contributed by atoms with Crippen molar-refractivity contribution in [3.05, 3.63) is 21.5 Å². The lowest BCUT2D eigenvalue weighted by molar-refractivity contribution is 0.0395. The molecular weight excluding hydrogens is 286 g/mol. The largest absolute Gasteiger partial charge is 0.356 e. The number of carbonyl (C=O) groups is 1. The summed E-state index contributed by atoms with van der Waals surface area (Å²) in [5.74, 6) is -0.114. The summed E-state index contributed by atoms with van der Waals surface area (Å²) in [6.07, 6.45) is 0.915. The van der Waals surface area contributed by atoms with Crippen LogP contribution in [-0.2, 0) is 0 Å². The fraction of sp³-hybridized carbons (Fsp3) is 0.375. The number of H-pyrrole nitrogens is 1. The second kappa shape index (κ2) is 3.28. The zero-order valence-corrected chi connectivity index (χ0v) is 8.92. The van der Waals surface area contributed by atoms with Gasteiger partial charge in [-0.15, -0.1) is 0 Å². The number of amides is 1. The minimum absolute atomic E-state index is 0.114. The van der Waals surface area contributed by atoms with Crippen molar-refractivity contribution in [3.8, 4) is 0 Å². The van der Waals surface area contributed by atoms with E-state index >= 15 is 0 Å². The Bertz CT molecular complexity index is 333. The number of hydrogen-bond donors (Lipinski definition) is 1. The van der Waals surface area contributed by atoms with E-state index < -0.39 is 6.17 Å². The van der Waals surface area contributed by atoms with Gasteiger partial charge in [0.15, 0.2) is 0 Å². The number of alkyl halides is 1. The monoisotopic (exact) mass is 294 g/mol. The van der Waals surface area contributed by atoms with Gasteiger partial charge in [-0.1, -0.05) is 0 Å². The lowest BCUT2D eigenvalue weighted by Crippen LogP contribution is -2.51. The average molecular weight is 294 g/mol. The van der Waals surface area contributed by atoms with Gasteiger partial charge in [-0.05, 0) is 28.7 Å². The molecule has 0 bridgehead atoms. The van der Waals surface area contributed by atoms with E-state index in [4.69, 9.17) is 0 Å². The van der Waals surface area contributed by atoms with Crippen LogP contribution in [0, 0.1) is 3.57 Å². The van der Waals surface area contributed by atoms with Crippen LogP contribution < -0.4 is 0 Å². The topological polar surface area (TPSA) is 36.1 Å². The van der Waals surface area contributed by atoms with Crippen molar-refractivity contribution >= 4 is 28.5 Å². The summed E-state index contributed by atoms with van der Waals surface area (Å²) in [6, 6.07) is 1.76. The van der Waals surface area contributed by atoms with Gasteiger partial charge in [0.2, 0.25) is 0 Å². The van der Waals surface area contributed by atoms with Crippen molar-refractivity contribution in [1.82, 2.24) is 9.88 Å². The number of hydrogen-bond acceptors (Lipinski definition) is 1. The van der Waals surface area contributed by atoms with E-state index in [-0.39, 0.29) is 19.0 Å². The average Bonchev–Trinajstić information content (AvgIpc) is 2.45. The van der Waals surface area contributed by atoms with Crippen LogP contribution in [0.1, 0.15) is 10.5 Å². The standard InChI is InChI=1S/C8H8FIN2O/c9-5-3-12(4-5)8(13)7-1-6(10)2-11-7/h1-2,5,11H,3-4H2. The molecule has 3 nitrogen and oxygen atoms in total. The summed E-state index contributed by atoms with van der Waals surface area (Å²) in [5, 5.41) is 0. The van der Waals surface area contributed by atoms with Crippen LogP contribution in [0.4, 0.5) is 4.39 Å². The van der Waals surface area contributed by atoms with Gasteiger partial charge in [-0.25, -0.2) is 4.39 Å². The van der Waals surface area contributed by atoms with Crippen molar-refractivity contribution < 1.29 is 9.18 Å². The van der Waals surface area contributed by atoms with Crippen LogP contribution in [0.2, 0.25) is 0 Å². The van der Waals surface area contributed by atoms with Gasteiger partial charge in [0.1, 0.15) is 11.9 Å². The van der Waals surface area contributed by atoms with Crippen LogP contribution in [0.3, 0.4) is 0 Å². The molecule has 2 heterocycles. The first-order chi connectivity index (χ1) is 6.16. The van der Waals surface area contributed by atoms with Gasteiger partial charge in [-0.3, -0.25) is 4.79 Å². The van der Waals surface area contributed by atoms with E-state index in [1.807, 2.05) is 0 Å². The highest BCUT2D eigenvalue weighted by Gasteiger charge is 2.31. The highest BCUT2D eigenvalue weighted by molar-refractivity contribution is 14.1. The molecular formula is C8H8FIN2O. The number of aromatic amines is 1. The third-order valence-corrected chi connectivity index (χ3v) is 2.63. The smallest absolute Gasteiger partial charge is 0.270 e. The van der Waals surface area contributed by atoms with Gasteiger partial charge in [0, 0.05) is 9.77 Å². The highest BCUT2D eigenvalue weighted by atomic mass is 127. The Balaban J connectivity index is 2.06. The first-order valence-electron chi connectivity index (χ1n) is 3.94. The zero-order chi connectivity index (χ0) is 9.42. The molecule has 0 radical (unpaired) electrons. The Morgan fingerprint density at radius 1 is 1.69 bits per heavy atom. The maximum atomic E-state index is 12.4. The molecule has 0 unspecified atom stereocenters. The molecule has 0 aliphatic carbocycles. The molecule has 1 aromatic rings. The van der Waals surface area contributed by atoms with E-state index in [9.17, 15) is 9.18 Å². The molecule has 1 aliphatic heterocycles. The minimum atomic E-state index is -0.835. The van der Waals surface area contributed by atoms with Crippen molar-refractivity contribution in [2.24, 2.45) is 0 Å². The van der Waals surface area contributed by atoms with E-state index in [0.29, 0.717) is 5.69 Å². The third-order valence-electron chi connectivity index (χ3n) is 2.00. The second-order valence-corrected chi connectivity index (χ2v) is 4.28. The predicted molar refractivity (Wildman–Crippen MR) is 54.3 cm³/mol. The maximum absolute atomic E-state index is 12.4. The molecule has 0 atom stereocenters. The molecule has 0 aromatic carbocycles. The Morgan fingerprint density at radius 3 is 2.85 bits per heavy atom. The number of aromatic nitrogens is 1. The van der Waals surface area contributed by atoms with Gasteiger partial charge >= 0.3 is 0 Å². The Hall–Kier alpha value is -0.590. The minimum Gasteiger partial charge on any atom is -0.356 e. The fourth-order valence-corrected chi connectivity index (χ4v) is 1.72. The summed E-state index contributed by atoms with van der Waals surface area (Å²) >= 11 is 2.12. The van der Waals surface area contributed by atoms with Crippen molar-refractivity contribution in [2.45, 2.75) is 6.17 Å². The molecule has 0 spiro atoms. The summed E-state index contributed by atoms with van der Waals surface area (Å²) in [5.41, 5.74) is 0.538. The molecule has 13 heavy (non-hydrogen) atoms. The molecule has 1 N–H and O–H groups in total. The molecule has 1 fully saturated rings. The normalized spacial score (nSPS) is 17.2. The Labute approximate surface area is 88.4 Å². The molecule has 70 valence electrons. The Morgan fingerprint density at radius 2 is 2.38 bits per heavy atom. The number of likely N-dealkylation sites (tertiary alicyclic amines) is 1. The quantitative estimate of drug-likeness (QED) is 0.781. The highest BCUT2D eigenvalue weighted by Crippen LogP contribution is 2.16. The number of carbonyl (C=O) groups excluding carboxylic acids is 1. The molecule has 0 saturated carbocycles. The van der Waals surface area contributed by atoms with Crippen LogP contribution in [0.25, 0.3) is 0 Å². The lowest BCUT2D eigenvalue weighted by Gasteiger charge is -2.33. The van der Waals surface area contributed by atoms with Crippen molar-refractivity contribution in [2.75, 3.05) is 13.1 Å².